The van der Waals surface area contributed by atoms with E-state index in [0.717, 1.165) is 4.88 Å². The third-order valence-corrected chi connectivity index (χ3v) is 7.05. The highest BCUT2D eigenvalue weighted by Crippen LogP contribution is 2.32. The first-order chi connectivity index (χ1) is 10.9. The Labute approximate surface area is 140 Å². The molecule has 1 aliphatic rings. The Morgan fingerprint density at radius 3 is 2.78 bits per heavy atom. The van der Waals surface area contributed by atoms with Crippen molar-refractivity contribution in [3.05, 3.63) is 22.4 Å². The lowest BCUT2D eigenvalue weighted by Gasteiger charge is -2.19. The lowest BCUT2D eigenvalue weighted by molar-refractivity contribution is -0.145. The summed E-state index contributed by atoms with van der Waals surface area (Å²) in [5.41, 5.74) is 0. The summed E-state index contributed by atoms with van der Waals surface area (Å²) in [4.78, 5) is 25.9. The Balaban J connectivity index is 1.97. The fraction of sp³-hybridized carbons (Fsp3) is 0.600. The molecule has 1 aromatic heterocycles. The van der Waals surface area contributed by atoms with Crippen molar-refractivity contribution in [1.82, 2.24) is 4.90 Å². The topological polar surface area (TPSA) is 80.8 Å². The minimum absolute atomic E-state index is 0.0320. The van der Waals surface area contributed by atoms with E-state index in [1.54, 1.807) is 11.8 Å². The van der Waals surface area contributed by atoms with Gasteiger partial charge in [-0.2, -0.15) is 0 Å². The molecule has 2 heterocycles. The second-order valence-electron chi connectivity index (χ2n) is 5.35. The van der Waals surface area contributed by atoms with Crippen LogP contribution in [0, 0.1) is 0 Å². The molecule has 0 bridgehead atoms. The zero-order valence-electron chi connectivity index (χ0n) is 13.1. The third-order valence-electron chi connectivity index (χ3n) is 3.80. The number of carbonyl (C=O) groups excluding carboxylic acids is 2. The molecule has 1 unspecified atom stereocenters. The number of esters is 1. The molecule has 1 aliphatic heterocycles. The van der Waals surface area contributed by atoms with Gasteiger partial charge in [0.15, 0.2) is 9.84 Å². The molecule has 23 heavy (non-hydrogen) atoms. The van der Waals surface area contributed by atoms with E-state index in [2.05, 4.69) is 0 Å². The van der Waals surface area contributed by atoms with E-state index in [1.165, 1.54) is 11.3 Å². The van der Waals surface area contributed by atoms with Gasteiger partial charge in [0.2, 0.25) is 5.91 Å². The first-order valence-corrected chi connectivity index (χ1v) is 10.2. The van der Waals surface area contributed by atoms with Crippen molar-refractivity contribution in [2.45, 2.75) is 31.4 Å². The van der Waals surface area contributed by atoms with E-state index in [1.807, 2.05) is 17.5 Å². The van der Waals surface area contributed by atoms with Gasteiger partial charge in [-0.15, -0.1) is 11.3 Å². The molecule has 1 saturated heterocycles. The molecule has 2 rings (SSSR count). The Morgan fingerprint density at radius 1 is 1.35 bits per heavy atom. The number of hydrogen-bond acceptors (Lipinski definition) is 6. The molecule has 1 atom stereocenters. The summed E-state index contributed by atoms with van der Waals surface area (Å²) in [5.74, 6) is -0.638. The maximum atomic E-state index is 12.4. The van der Waals surface area contributed by atoms with E-state index in [4.69, 9.17) is 4.74 Å². The summed E-state index contributed by atoms with van der Waals surface area (Å²) in [7, 11) is -3.26. The zero-order chi connectivity index (χ0) is 16.9. The van der Waals surface area contributed by atoms with Crippen LogP contribution < -0.4 is 0 Å². The normalized spacial score (nSPS) is 20.7. The monoisotopic (exact) mass is 359 g/mol. The van der Waals surface area contributed by atoms with Gasteiger partial charge in [0, 0.05) is 24.4 Å². The summed E-state index contributed by atoms with van der Waals surface area (Å²) in [6, 6.07) is 3.66. The van der Waals surface area contributed by atoms with Crippen LogP contribution in [0.3, 0.4) is 0 Å². The smallest absolute Gasteiger partial charge is 0.306 e. The molecule has 0 aliphatic carbocycles. The number of thiophene rings is 1. The van der Waals surface area contributed by atoms with Crippen LogP contribution in [0.5, 0.6) is 0 Å². The number of carbonyl (C=O) groups is 2. The second kappa shape index (κ2) is 7.92. The van der Waals surface area contributed by atoms with Crippen LogP contribution in [0.2, 0.25) is 0 Å². The average molecular weight is 359 g/mol. The van der Waals surface area contributed by atoms with Gasteiger partial charge >= 0.3 is 5.97 Å². The fourth-order valence-electron chi connectivity index (χ4n) is 2.59. The summed E-state index contributed by atoms with van der Waals surface area (Å²) in [6.07, 6.45) is 0.487. The van der Waals surface area contributed by atoms with Crippen LogP contribution >= 0.6 is 11.3 Å². The standard InChI is InChI=1S/C15H21NO5S2/c1-2-21-15(18)6-5-14(17)16-8-7-13(12-4-3-10-22-12)23(19,20)11-9-16/h3-4,10,13H,2,5-9,11H2,1H3. The van der Waals surface area contributed by atoms with Gasteiger partial charge in [0.25, 0.3) is 0 Å². The van der Waals surface area contributed by atoms with Crippen molar-refractivity contribution >= 4 is 33.1 Å². The maximum absolute atomic E-state index is 12.4. The first-order valence-electron chi connectivity index (χ1n) is 7.62. The van der Waals surface area contributed by atoms with Gasteiger partial charge in [-0.25, -0.2) is 8.42 Å². The first kappa shape index (κ1) is 17.9. The van der Waals surface area contributed by atoms with Gasteiger partial charge in [-0.05, 0) is 24.8 Å². The minimum Gasteiger partial charge on any atom is -0.466 e. The van der Waals surface area contributed by atoms with E-state index in [-0.39, 0.29) is 37.7 Å². The second-order valence-corrected chi connectivity index (χ2v) is 8.63. The maximum Gasteiger partial charge on any atom is 0.306 e. The molecule has 128 valence electrons. The van der Waals surface area contributed by atoms with Crippen molar-refractivity contribution < 1.29 is 22.7 Å². The lowest BCUT2D eigenvalue weighted by Crippen LogP contribution is -2.33. The van der Waals surface area contributed by atoms with Crippen LogP contribution in [0.1, 0.15) is 36.3 Å². The molecule has 8 heteroatoms. The molecule has 1 amide bonds. The SMILES string of the molecule is CCOC(=O)CCC(=O)N1CCC(c2cccs2)S(=O)(=O)CC1. The zero-order valence-corrected chi connectivity index (χ0v) is 14.7. The molecule has 0 spiro atoms. The largest absolute Gasteiger partial charge is 0.466 e. The highest BCUT2D eigenvalue weighted by atomic mass is 32.2. The summed E-state index contributed by atoms with van der Waals surface area (Å²) < 4.78 is 29.6. The van der Waals surface area contributed by atoms with E-state index < -0.39 is 21.1 Å². The Hall–Kier alpha value is -1.41. The lowest BCUT2D eigenvalue weighted by atomic mass is 10.2. The highest BCUT2D eigenvalue weighted by molar-refractivity contribution is 7.91. The molecule has 0 saturated carbocycles. The van der Waals surface area contributed by atoms with Gasteiger partial charge in [-0.1, -0.05) is 6.07 Å². The molecule has 0 aromatic carbocycles. The van der Waals surface area contributed by atoms with Crippen molar-refractivity contribution in [3.63, 3.8) is 0 Å². The number of sulfone groups is 1. The van der Waals surface area contributed by atoms with Crippen molar-refractivity contribution in [3.8, 4) is 0 Å². The average Bonchev–Trinajstić information content (AvgIpc) is 2.97. The molecule has 0 radical (unpaired) electrons. The van der Waals surface area contributed by atoms with Crippen molar-refractivity contribution in [1.29, 1.82) is 0 Å². The minimum atomic E-state index is -3.26. The Kier molecular flexibility index (Phi) is 6.17. The number of hydrogen-bond donors (Lipinski definition) is 0. The van der Waals surface area contributed by atoms with Crippen LogP contribution in [-0.4, -0.2) is 50.6 Å². The number of rotatable bonds is 5. The molecule has 1 aromatic rings. The van der Waals surface area contributed by atoms with Crippen LogP contribution in [0.15, 0.2) is 17.5 Å². The van der Waals surface area contributed by atoms with Gasteiger partial charge in [0.05, 0.1) is 24.0 Å². The number of ether oxygens (including phenoxy) is 1. The summed E-state index contributed by atoms with van der Waals surface area (Å²) in [5, 5.41) is 1.32. The molecular formula is C15H21NO5S2. The number of nitrogens with zero attached hydrogens (tertiary/aromatic N) is 1. The third kappa shape index (κ3) is 4.78. The van der Waals surface area contributed by atoms with Gasteiger partial charge in [0.1, 0.15) is 0 Å². The van der Waals surface area contributed by atoms with Crippen LogP contribution in [-0.2, 0) is 24.2 Å². The van der Waals surface area contributed by atoms with Crippen molar-refractivity contribution in [2.24, 2.45) is 0 Å². The van der Waals surface area contributed by atoms with Gasteiger partial charge < -0.3 is 9.64 Å². The number of amides is 1. The van der Waals surface area contributed by atoms with Crippen LogP contribution in [0.4, 0.5) is 0 Å². The van der Waals surface area contributed by atoms with Gasteiger partial charge in [-0.3, -0.25) is 9.59 Å². The molecular weight excluding hydrogens is 338 g/mol. The Morgan fingerprint density at radius 2 is 2.13 bits per heavy atom. The quantitative estimate of drug-likeness (QED) is 0.749. The Bertz CT molecular complexity index is 639. The highest BCUT2D eigenvalue weighted by Gasteiger charge is 2.33. The molecule has 1 fully saturated rings. The fourth-order valence-corrected chi connectivity index (χ4v) is 5.59. The molecule has 6 nitrogen and oxygen atoms in total. The van der Waals surface area contributed by atoms with E-state index in [9.17, 15) is 18.0 Å². The summed E-state index contributed by atoms with van der Waals surface area (Å²) in [6.45, 7) is 2.58. The van der Waals surface area contributed by atoms with Crippen molar-refractivity contribution in [2.75, 3.05) is 25.4 Å². The predicted octanol–water partition coefficient (Wildman–Crippen LogP) is 1.78. The van der Waals surface area contributed by atoms with E-state index in [0.29, 0.717) is 13.0 Å². The predicted molar refractivity (Wildman–Crippen MR) is 87.9 cm³/mol. The van der Waals surface area contributed by atoms with Crippen LogP contribution in [0.25, 0.3) is 0 Å². The van der Waals surface area contributed by atoms with E-state index >= 15 is 0 Å². The summed E-state index contributed by atoms with van der Waals surface area (Å²) >= 11 is 1.43. The molecule has 0 N–H and O–H groups in total.